The van der Waals surface area contributed by atoms with Gasteiger partial charge in [0.2, 0.25) is 5.91 Å². The summed E-state index contributed by atoms with van der Waals surface area (Å²) >= 11 is 0. The van der Waals surface area contributed by atoms with Gasteiger partial charge in [0.15, 0.2) is 0 Å². The maximum absolute atomic E-state index is 12.7. The molecule has 0 bridgehead atoms. The molecule has 27 heavy (non-hydrogen) atoms. The fourth-order valence-corrected chi connectivity index (χ4v) is 2.79. The van der Waals surface area contributed by atoms with E-state index in [9.17, 15) is 14.4 Å². The number of alkyl carbamates (subject to hydrolysis) is 1. The zero-order valence-electron chi connectivity index (χ0n) is 16.2. The molecule has 1 aliphatic heterocycles. The van der Waals surface area contributed by atoms with Crippen LogP contribution < -0.4 is 5.32 Å². The van der Waals surface area contributed by atoms with Crippen molar-refractivity contribution >= 4 is 18.0 Å². The van der Waals surface area contributed by atoms with Crippen LogP contribution in [0.3, 0.4) is 0 Å². The lowest BCUT2D eigenvalue weighted by atomic mass is 10.1. The quantitative estimate of drug-likeness (QED) is 0.799. The number of nitrogens with zero attached hydrogens (tertiary/aromatic N) is 1. The highest BCUT2D eigenvalue weighted by Crippen LogP contribution is 2.14. The number of carbonyl (C=O) groups is 3. The summed E-state index contributed by atoms with van der Waals surface area (Å²) < 4.78 is 10.5. The van der Waals surface area contributed by atoms with Gasteiger partial charge in [-0.1, -0.05) is 30.3 Å². The van der Waals surface area contributed by atoms with E-state index in [1.165, 1.54) is 4.90 Å². The summed E-state index contributed by atoms with van der Waals surface area (Å²) in [6, 6.07) is 8.67. The summed E-state index contributed by atoms with van der Waals surface area (Å²) in [5.41, 5.74) is 0.246. The molecule has 7 heteroatoms. The van der Waals surface area contributed by atoms with Crippen molar-refractivity contribution in [2.75, 3.05) is 13.1 Å². The molecule has 0 spiro atoms. The van der Waals surface area contributed by atoms with E-state index in [-0.39, 0.29) is 19.1 Å². The van der Waals surface area contributed by atoms with Gasteiger partial charge in [-0.15, -0.1) is 0 Å². The SMILES string of the molecule is CC(C)(C)OC(=O)N[C@H]1CCCCN(CC(=O)OCc2ccccc2)C1=O. The molecule has 7 nitrogen and oxygen atoms in total. The highest BCUT2D eigenvalue weighted by Gasteiger charge is 2.31. The molecule has 2 amide bonds. The van der Waals surface area contributed by atoms with Crippen LogP contribution in [0.15, 0.2) is 30.3 Å². The zero-order valence-corrected chi connectivity index (χ0v) is 16.2. The third-order valence-corrected chi connectivity index (χ3v) is 4.03. The maximum Gasteiger partial charge on any atom is 0.408 e. The van der Waals surface area contributed by atoms with E-state index in [4.69, 9.17) is 9.47 Å². The summed E-state index contributed by atoms with van der Waals surface area (Å²) in [4.78, 5) is 38.3. The molecule has 1 fully saturated rings. The molecule has 1 atom stereocenters. The van der Waals surface area contributed by atoms with E-state index in [0.717, 1.165) is 18.4 Å². The van der Waals surface area contributed by atoms with Crippen molar-refractivity contribution in [3.05, 3.63) is 35.9 Å². The van der Waals surface area contributed by atoms with Crippen molar-refractivity contribution < 1.29 is 23.9 Å². The fraction of sp³-hybridized carbons (Fsp3) is 0.550. The molecule has 0 unspecified atom stereocenters. The second kappa shape index (κ2) is 9.39. The normalized spacial score (nSPS) is 17.8. The Morgan fingerprint density at radius 1 is 1.19 bits per heavy atom. The molecular formula is C20H28N2O5. The number of hydrogen-bond acceptors (Lipinski definition) is 5. The van der Waals surface area contributed by atoms with E-state index in [1.54, 1.807) is 20.8 Å². The van der Waals surface area contributed by atoms with E-state index in [0.29, 0.717) is 13.0 Å². The van der Waals surface area contributed by atoms with Crippen molar-refractivity contribution in [3.63, 3.8) is 0 Å². The van der Waals surface area contributed by atoms with E-state index >= 15 is 0 Å². The van der Waals surface area contributed by atoms with Crippen LogP contribution >= 0.6 is 0 Å². The average Bonchev–Trinajstić information content (AvgIpc) is 2.75. The molecule has 1 saturated heterocycles. The second-order valence-electron chi connectivity index (χ2n) is 7.60. The fourth-order valence-electron chi connectivity index (χ4n) is 2.79. The largest absolute Gasteiger partial charge is 0.459 e. The van der Waals surface area contributed by atoms with Crippen molar-refractivity contribution in [1.29, 1.82) is 0 Å². The molecule has 0 saturated carbocycles. The van der Waals surface area contributed by atoms with Crippen LogP contribution in [0.1, 0.15) is 45.6 Å². The Hall–Kier alpha value is -2.57. The second-order valence-corrected chi connectivity index (χ2v) is 7.60. The molecule has 0 aliphatic carbocycles. The highest BCUT2D eigenvalue weighted by atomic mass is 16.6. The minimum absolute atomic E-state index is 0.127. The predicted octanol–water partition coefficient (Wildman–Crippen LogP) is 2.64. The molecular weight excluding hydrogens is 348 g/mol. The van der Waals surface area contributed by atoms with Crippen LogP contribution in [0.4, 0.5) is 4.79 Å². The lowest BCUT2D eigenvalue weighted by Gasteiger charge is -2.25. The number of rotatable bonds is 5. The molecule has 1 aromatic rings. The van der Waals surface area contributed by atoms with Crippen LogP contribution in [0.25, 0.3) is 0 Å². The summed E-state index contributed by atoms with van der Waals surface area (Å²) in [6.45, 7) is 5.79. The Balaban J connectivity index is 1.88. The number of nitrogens with one attached hydrogen (secondary N) is 1. The molecule has 1 aromatic carbocycles. The van der Waals surface area contributed by atoms with Crippen LogP contribution in [-0.2, 0) is 25.7 Å². The first-order chi connectivity index (χ1) is 12.7. The summed E-state index contributed by atoms with van der Waals surface area (Å²) in [5.74, 6) is -0.750. The Labute approximate surface area is 160 Å². The summed E-state index contributed by atoms with van der Waals surface area (Å²) in [6.07, 6.45) is 1.44. The standard InChI is InChI=1S/C20H28N2O5/c1-20(2,3)27-19(25)21-16-11-7-8-12-22(18(16)24)13-17(23)26-14-15-9-5-4-6-10-15/h4-6,9-10,16H,7-8,11-14H2,1-3H3,(H,21,25)/t16-/m0/s1. The number of amides is 2. The number of likely N-dealkylation sites (tertiary alicyclic amines) is 1. The van der Waals surface area contributed by atoms with Gasteiger partial charge >= 0.3 is 12.1 Å². The summed E-state index contributed by atoms with van der Waals surface area (Å²) in [7, 11) is 0. The van der Waals surface area contributed by atoms with Crippen molar-refractivity contribution in [3.8, 4) is 0 Å². The monoisotopic (exact) mass is 376 g/mol. The third kappa shape index (κ3) is 7.29. The average molecular weight is 376 g/mol. The Kier molecular flexibility index (Phi) is 7.21. The van der Waals surface area contributed by atoms with E-state index in [1.807, 2.05) is 30.3 Å². The Morgan fingerprint density at radius 2 is 1.89 bits per heavy atom. The number of esters is 1. The van der Waals surface area contributed by atoms with Gasteiger partial charge in [0.1, 0.15) is 24.8 Å². The summed E-state index contributed by atoms with van der Waals surface area (Å²) in [5, 5.41) is 2.62. The van der Waals surface area contributed by atoms with Gasteiger partial charge in [-0.05, 0) is 45.6 Å². The number of benzene rings is 1. The molecule has 2 rings (SSSR count). The van der Waals surface area contributed by atoms with Crippen molar-refractivity contribution in [1.82, 2.24) is 10.2 Å². The Morgan fingerprint density at radius 3 is 2.56 bits per heavy atom. The van der Waals surface area contributed by atoms with Crippen LogP contribution in [-0.4, -0.2) is 47.6 Å². The van der Waals surface area contributed by atoms with Gasteiger partial charge in [0.25, 0.3) is 0 Å². The molecule has 0 radical (unpaired) electrons. The first-order valence-corrected chi connectivity index (χ1v) is 9.22. The zero-order chi connectivity index (χ0) is 19.9. The van der Waals surface area contributed by atoms with E-state index < -0.39 is 23.7 Å². The molecule has 1 N–H and O–H groups in total. The van der Waals surface area contributed by atoms with E-state index in [2.05, 4.69) is 5.32 Å². The van der Waals surface area contributed by atoms with Gasteiger partial charge in [0, 0.05) is 6.54 Å². The van der Waals surface area contributed by atoms with Crippen LogP contribution in [0.2, 0.25) is 0 Å². The first kappa shape index (κ1) is 20.7. The minimum atomic E-state index is -0.690. The molecule has 0 aromatic heterocycles. The maximum atomic E-state index is 12.7. The van der Waals surface area contributed by atoms with Crippen LogP contribution in [0.5, 0.6) is 0 Å². The smallest absolute Gasteiger partial charge is 0.408 e. The van der Waals surface area contributed by atoms with Gasteiger partial charge in [-0.25, -0.2) is 4.79 Å². The van der Waals surface area contributed by atoms with Gasteiger partial charge < -0.3 is 19.7 Å². The number of carbonyl (C=O) groups excluding carboxylic acids is 3. The van der Waals surface area contributed by atoms with Crippen molar-refractivity contribution in [2.24, 2.45) is 0 Å². The predicted molar refractivity (Wildman–Crippen MR) is 99.8 cm³/mol. The van der Waals surface area contributed by atoms with Gasteiger partial charge in [0.05, 0.1) is 0 Å². The molecule has 1 heterocycles. The third-order valence-electron chi connectivity index (χ3n) is 4.03. The Bertz CT molecular complexity index is 654. The van der Waals surface area contributed by atoms with Crippen molar-refractivity contribution in [2.45, 2.75) is 58.3 Å². The number of hydrogen-bond donors (Lipinski definition) is 1. The minimum Gasteiger partial charge on any atom is -0.459 e. The van der Waals surface area contributed by atoms with Gasteiger partial charge in [-0.3, -0.25) is 9.59 Å². The highest BCUT2D eigenvalue weighted by molar-refractivity contribution is 5.88. The lowest BCUT2D eigenvalue weighted by molar-refractivity contribution is -0.150. The molecule has 1 aliphatic rings. The topological polar surface area (TPSA) is 84.9 Å². The lowest BCUT2D eigenvalue weighted by Crippen LogP contribution is -2.49. The first-order valence-electron chi connectivity index (χ1n) is 9.22. The van der Waals surface area contributed by atoms with Gasteiger partial charge in [-0.2, -0.15) is 0 Å². The number of ether oxygens (including phenoxy) is 2. The van der Waals surface area contributed by atoms with Crippen LogP contribution in [0, 0.1) is 0 Å². The molecule has 148 valence electrons.